The predicted octanol–water partition coefficient (Wildman–Crippen LogP) is 3.93. The Morgan fingerprint density at radius 2 is 1.80 bits per heavy atom. The van der Waals surface area contributed by atoms with Gasteiger partial charge in [0.05, 0.1) is 13.7 Å². The fraction of sp³-hybridized carbons (Fsp3) is 0.647. The van der Waals surface area contributed by atoms with E-state index >= 15 is 0 Å². The molecule has 1 aromatic carbocycles. The van der Waals surface area contributed by atoms with Gasteiger partial charge in [0.25, 0.3) is 0 Å². The molecule has 0 spiro atoms. The van der Waals surface area contributed by atoms with Crippen LogP contribution in [0.2, 0.25) is 0 Å². The van der Waals surface area contributed by atoms with Gasteiger partial charge in [0.1, 0.15) is 5.75 Å². The zero-order valence-corrected chi connectivity index (χ0v) is 13.9. The number of hydrogen-bond donors (Lipinski definition) is 1. The summed E-state index contributed by atoms with van der Waals surface area (Å²) in [4.78, 5) is 0. The minimum absolute atomic E-state index is 0.246. The molecular weight excluding hydrogens is 250 g/mol. The van der Waals surface area contributed by atoms with Crippen LogP contribution >= 0.6 is 0 Å². The van der Waals surface area contributed by atoms with Gasteiger partial charge in [0.15, 0.2) is 0 Å². The summed E-state index contributed by atoms with van der Waals surface area (Å²) in [6, 6.07) is 7.03. The fourth-order valence-corrected chi connectivity index (χ4v) is 2.06. The topological polar surface area (TPSA) is 30.5 Å². The molecule has 0 saturated heterocycles. The van der Waals surface area contributed by atoms with Gasteiger partial charge in [0, 0.05) is 24.8 Å². The maximum absolute atomic E-state index is 5.37. The molecule has 1 aromatic rings. The Morgan fingerprint density at radius 1 is 1.15 bits per heavy atom. The van der Waals surface area contributed by atoms with E-state index in [1.165, 1.54) is 5.56 Å². The van der Waals surface area contributed by atoms with E-state index in [1.54, 1.807) is 14.2 Å². The first-order valence-corrected chi connectivity index (χ1v) is 7.21. The number of ether oxygens (including phenoxy) is 2. The summed E-state index contributed by atoms with van der Waals surface area (Å²) in [7, 11) is 3.40. The van der Waals surface area contributed by atoms with Crippen LogP contribution in [0.3, 0.4) is 0 Å². The molecule has 1 N–H and O–H groups in total. The molecule has 2 unspecified atom stereocenters. The monoisotopic (exact) mass is 279 g/mol. The summed E-state index contributed by atoms with van der Waals surface area (Å²) in [6.07, 6.45) is 0. The van der Waals surface area contributed by atoms with E-state index in [2.05, 4.69) is 52.1 Å². The molecule has 0 saturated carbocycles. The molecule has 0 aromatic heterocycles. The summed E-state index contributed by atoms with van der Waals surface area (Å²) >= 11 is 0. The van der Waals surface area contributed by atoms with Gasteiger partial charge in [0.2, 0.25) is 0 Å². The van der Waals surface area contributed by atoms with E-state index < -0.39 is 0 Å². The van der Waals surface area contributed by atoms with Crippen molar-refractivity contribution >= 4 is 0 Å². The maximum atomic E-state index is 5.37. The highest BCUT2D eigenvalue weighted by molar-refractivity contribution is 5.38. The molecule has 0 aliphatic rings. The second-order valence-electron chi connectivity index (χ2n) is 6.48. The summed E-state index contributed by atoms with van der Waals surface area (Å²) in [5.74, 6) is 0.881. The summed E-state index contributed by atoms with van der Waals surface area (Å²) < 4.78 is 10.6. The Balaban J connectivity index is 2.88. The van der Waals surface area contributed by atoms with Crippen LogP contribution in [0.25, 0.3) is 0 Å². The fourth-order valence-electron chi connectivity index (χ4n) is 2.06. The maximum Gasteiger partial charge on any atom is 0.124 e. The van der Waals surface area contributed by atoms with Gasteiger partial charge in [-0.25, -0.2) is 0 Å². The Hall–Kier alpha value is -1.06. The molecule has 114 valence electrons. The highest BCUT2D eigenvalue weighted by Crippen LogP contribution is 2.26. The Morgan fingerprint density at radius 3 is 2.30 bits per heavy atom. The van der Waals surface area contributed by atoms with E-state index in [4.69, 9.17) is 9.47 Å². The molecule has 0 heterocycles. The lowest BCUT2D eigenvalue weighted by Gasteiger charge is -2.31. The van der Waals surface area contributed by atoms with Crippen LogP contribution in [0.5, 0.6) is 5.75 Å². The lowest BCUT2D eigenvalue weighted by Crippen LogP contribution is -2.39. The summed E-state index contributed by atoms with van der Waals surface area (Å²) in [5.41, 5.74) is 2.59. The molecule has 2 atom stereocenters. The van der Waals surface area contributed by atoms with Crippen LogP contribution in [-0.4, -0.2) is 20.3 Å². The summed E-state index contributed by atoms with van der Waals surface area (Å²) in [6.45, 7) is 11.8. The zero-order chi connectivity index (χ0) is 15.3. The van der Waals surface area contributed by atoms with Crippen molar-refractivity contribution in [1.29, 1.82) is 0 Å². The van der Waals surface area contributed by atoms with E-state index in [-0.39, 0.29) is 5.41 Å². The van der Waals surface area contributed by atoms with Crippen molar-refractivity contribution in [2.75, 3.05) is 14.2 Å². The SMILES string of the molecule is COCc1cc(C(C)NC(C)C(C)(C)C)ccc1OC. The average molecular weight is 279 g/mol. The molecule has 0 bridgehead atoms. The predicted molar refractivity (Wildman–Crippen MR) is 84.2 cm³/mol. The number of rotatable bonds is 6. The molecule has 3 heteroatoms. The van der Waals surface area contributed by atoms with Crippen molar-refractivity contribution < 1.29 is 9.47 Å². The van der Waals surface area contributed by atoms with Crippen molar-refractivity contribution in [3.8, 4) is 5.75 Å². The van der Waals surface area contributed by atoms with Crippen molar-refractivity contribution in [3.05, 3.63) is 29.3 Å². The standard InChI is InChI=1S/C17H29NO2/c1-12(18-13(2)17(3,4)5)14-8-9-16(20-7)15(10-14)11-19-6/h8-10,12-13,18H,11H2,1-7H3. The molecule has 0 aliphatic heterocycles. The smallest absolute Gasteiger partial charge is 0.124 e. The molecule has 3 nitrogen and oxygen atoms in total. The zero-order valence-electron chi connectivity index (χ0n) is 13.9. The highest BCUT2D eigenvalue weighted by atomic mass is 16.5. The van der Waals surface area contributed by atoms with Crippen molar-refractivity contribution in [2.24, 2.45) is 5.41 Å². The van der Waals surface area contributed by atoms with Crippen molar-refractivity contribution in [1.82, 2.24) is 5.32 Å². The van der Waals surface area contributed by atoms with Crippen LogP contribution in [-0.2, 0) is 11.3 Å². The van der Waals surface area contributed by atoms with E-state index in [0.717, 1.165) is 11.3 Å². The largest absolute Gasteiger partial charge is 0.496 e. The van der Waals surface area contributed by atoms with Crippen molar-refractivity contribution in [2.45, 2.75) is 53.3 Å². The van der Waals surface area contributed by atoms with Crippen LogP contribution in [0.1, 0.15) is 51.8 Å². The number of hydrogen-bond acceptors (Lipinski definition) is 3. The molecule has 0 amide bonds. The van der Waals surface area contributed by atoms with Crippen LogP contribution in [0.4, 0.5) is 0 Å². The number of nitrogens with one attached hydrogen (secondary N) is 1. The first kappa shape index (κ1) is 17.0. The second kappa shape index (κ2) is 7.09. The number of methoxy groups -OCH3 is 2. The molecule has 0 fully saturated rings. The lowest BCUT2D eigenvalue weighted by molar-refractivity contribution is 0.181. The highest BCUT2D eigenvalue weighted by Gasteiger charge is 2.22. The van der Waals surface area contributed by atoms with Crippen LogP contribution < -0.4 is 10.1 Å². The lowest BCUT2D eigenvalue weighted by atomic mass is 9.87. The quantitative estimate of drug-likeness (QED) is 0.856. The van der Waals surface area contributed by atoms with Gasteiger partial charge < -0.3 is 14.8 Å². The van der Waals surface area contributed by atoms with E-state index in [9.17, 15) is 0 Å². The normalized spacial score (nSPS) is 14.9. The first-order valence-electron chi connectivity index (χ1n) is 7.21. The van der Waals surface area contributed by atoms with Crippen molar-refractivity contribution in [3.63, 3.8) is 0 Å². The second-order valence-corrected chi connectivity index (χ2v) is 6.48. The van der Waals surface area contributed by atoms with Gasteiger partial charge in [-0.1, -0.05) is 26.8 Å². The molecule has 1 rings (SSSR count). The minimum Gasteiger partial charge on any atom is -0.496 e. The van der Waals surface area contributed by atoms with Gasteiger partial charge >= 0.3 is 0 Å². The third-order valence-corrected chi connectivity index (χ3v) is 3.90. The number of benzene rings is 1. The third kappa shape index (κ3) is 4.50. The van der Waals surface area contributed by atoms with Crippen LogP contribution in [0.15, 0.2) is 18.2 Å². The van der Waals surface area contributed by atoms with E-state index in [1.807, 2.05) is 6.07 Å². The Labute approximate surface area is 123 Å². The Bertz CT molecular complexity index is 423. The Kier molecular flexibility index (Phi) is 6.03. The van der Waals surface area contributed by atoms with Crippen LogP contribution in [0, 0.1) is 5.41 Å². The van der Waals surface area contributed by atoms with Gasteiger partial charge in [-0.15, -0.1) is 0 Å². The molecule has 0 radical (unpaired) electrons. The van der Waals surface area contributed by atoms with Gasteiger partial charge in [-0.2, -0.15) is 0 Å². The third-order valence-electron chi connectivity index (χ3n) is 3.90. The molecule has 20 heavy (non-hydrogen) atoms. The molecular formula is C17H29NO2. The average Bonchev–Trinajstić information content (AvgIpc) is 2.37. The molecule has 0 aliphatic carbocycles. The van der Waals surface area contributed by atoms with Gasteiger partial charge in [-0.3, -0.25) is 0 Å². The first-order chi connectivity index (χ1) is 9.29. The van der Waals surface area contributed by atoms with Gasteiger partial charge in [-0.05, 0) is 37.0 Å². The summed E-state index contributed by atoms with van der Waals surface area (Å²) in [5, 5.41) is 3.66. The van der Waals surface area contributed by atoms with E-state index in [0.29, 0.717) is 18.7 Å². The minimum atomic E-state index is 0.246.